The monoisotopic (exact) mass is 403 g/mol. The fourth-order valence-corrected chi connectivity index (χ4v) is 2.95. The van der Waals surface area contributed by atoms with Crippen LogP contribution in [0.5, 0.6) is 0 Å². The molecule has 1 heterocycles. The van der Waals surface area contributed by atoms with Crippen LogP contribution in [0.4, 0.5) is 4.39 Å². The zero-order valence-corrected chi connectivity index (χ0v) is 14.9. The summed E-state index contributed by atoms with van der Waals surface area (Å²) in [6.45, 7) is 2.11. The maximum absolute atomic E-state index is 13.8. The minimum atomic E-state index is -3.52. The van der Waals surface area contributed by atoms with E-state index in [9.17, 15) is 17.6 Å². The number of furan rings is 1. The van der Waals surface area contributed by atoms with E-state index in [4.69, 9.17) is 4.42 Å². The van der Waals surface area contributed by atoms with Crippen LogP contribution < -0.4 is 0 Å². The van der Waals surface area contributed by atoms with Gasteiger partial charge in [0.2, 0.25) is 14.9 Å². The second-order valence-corrected chi connectivity index (χ2v) is 7.81. The van der Waals surface area contributed by atoms with Gasteiger partial charge in [0.1, 0.15) is 5.82 Å². The van der Waals surface area contributed by atoms with Crippen molar-refractivity contribution in [1.29, 1.82) is 0 Å². The molecule has 0 spiro atoms. The Morgan fingerprint density at radius 1 is 1.30 bits per heavy atom. The quantitative estimate of drug-likeness (QED) is 0.768. The lowest BCUT2D eigenvalue weighted by Gasteiger charge is -2.20. The molecule has 1 amide bonds. The molecule has 0 radical (unpaired) electrons. The molecule has 2 aromatic rings. The zero-order valence-electron chi connectivity index (χ0n) is 12.5. The van der Waals surface area contributed by atoms with Crippen LogP contribution in [0.25, 0.3) is 0 Å². The van der Waals surface area contributed by atoms with Crippen molar-refractivity contribution in [3.63, 3.8) is 0 Å². The van der Waals surface area contributed by atoms with E-state index in [0.717, 1.165) is 6.26 Å². The summed E-state index contributed by atoms with van der Waals surface area (Å²) in [7, 11) is -3.52. The van der Waals surface area contributed by atoms with Crippen LogP contribution in [0.2, 0.25) is 0 Å². The van der Waals surface area contributed by atoms with E-state index in [1.807, 2.05) is 0 Å². The average Bonchev–Trinajstić information content (AvgIpc) is 2.97. The lowest BCUT2D eigenvalue weighted by molar-refractivity contribution is 0.0713. The maximum atomic E-state index is 13.8. The van der Waals surface area contributed by atoms with E-state index in [1.165, 1.54) is 23.1 Å². The summed E-state index contributed by atoms with van der Waals surface area (Å²) in [4.78, 5) is 13.8. The fourth-order valence-electron chi connectivity index (χ4n) is 1.99. The van der Waals surface area contributed by atoms with Crippen molar-refractivity contribution in [1.82, 2.24) is 4.90 Å². The van der Waals surface area contributed by atoms with Crippen LogP contribution in [-0.4, -0.2) is 32.0 Å². The number of amides is 1. The number of hydrogen-bond donors (Lipinski definition) is 0. The number of carbonyl (C=O) groups is 1. The van der Waals surface area contributed by atoms with Crippen molar-refractivity contribution < 1.29 is 22.0 Å². The molecule has 0 saturated carbocycles. The predicted octanol–water partition coefficient (Wildman–Crippen LogP) is 3.25. The Kier molecular flexibility index (Phi) is 5.26. The first-order valence-electron chi connectivity index (χ1n) is 6.75. The molecule has 0 aliphatic carbocycles. The van der Waals surface area contributed by atoms with Crippen LogP contribution in [0.15, 0.2) is 44.3 Å². The Balaban J connectivity index is 2.25. The van der Waals surface area contributed by atoms with Gasteiger partial charge in [-0.1, -0.05) is 15.9 Å². The highest BCUT2D eigenvalue weighted by atomic mass is 79.9. The number of halogens is 2. The Morgan fingerprint density at radius 3 is 2.57 bits per heavy atom. The molecule has 8 heteroatoms. The second kappa shape index (κ2) is 6.84. The van der Waals surface area contributed by atoms with Gasteiger partial charge in [0.25, 0.3) is 5.91 Å². The first kappa shape index (κ1) is 17.7. The smallest absolute Gasteiger partial charge is 0.289 e. The molecule has 2 rings (SSSR count). The summed E-state index contributed by atoms with van der Waals surface area (Å²) in [5, 5.41) is -0.273. The lowest BCUT2D eigenvalue weighted by Crippen LogP contribution is -2.30. The highest BCUT2D eigenvalue weighted by molar-refractivity contribution is 9.10. The van der Waals surface area contributed by atoms with Gasteiger partial charge in [-0.15, -0.1) is 0 Å². The molecule has 0 unspecified atom stereocenters. The molecule has 1 aromatic carbocycles. The van der Waals surface area contributed by atoms with E-state index < -0.39 is 21.6 Å². The highest BCUT2D eigenvalue weighted by Gasteiger charge is 2.22. The third kappa shape index (κ3) is 4.20. The molecule has 0 N–H and O–H groups in total. The van der Waals surface area contributed by atoms with Gasteiger partial charge >= 0.3 is 0 Å². The summed E-state index contributed by atoms with van der Waals surface area (Å²) < 4.78 is 42.5. The molecule has 0 bridgehead atoms. The minimum Gasteiger partial charge on any atom is -0.440 e. The van der Waals surface area contributed by atoms with Gasteiger partial charge in [0.15, 0.2) is 5.76 Å². The van der Waals surface area contributed by atoms with Gasteiger partial charge in [-0.2, -0.15) is 0 Å². The summed E-state index contributed by atoms with van der Waals surface area (Å²) in [6.07, 6.45) is 0.995. The largest absolute Gasteiger partial charge is 0.440 e. The molecule has 23 heavy (non-hydrogen) atoms. The van der Waals surface area contributed by atoms with Gasteiger partial charge < -0.3 is 9.32 Å². The molecule has 5 nitrogen and oxygen atoms in total. The third-order valence-electron chi connectivity index (χ3n) is 3.20. The standard InChI is InChI=1S/C15H15BrFNO4S/c1-3-18(9-10-8-11(16)4-5-12(10)17)15(19)13-6-7-14(22-13)23(2,20)21/h4-8H,3,9H2,1-2H3. The van der Waals surface area contributed by atoms with E-state index in [1.54, 1.807) is 19.1 Å². The van der Waals surface area contributed by atoms with E-state index in [0.29, 0.717) is 16.6 Å². The Bertz CT molecular complexity index is 832. The minimum absolute atomic E-state index is 0.0511. The number of carbonyl (C=O) groups excluding carboxylic acids is 1. The lowest BCUT2D eigenvalue weighted by atomic mass is 10.2. The van der Waals surface area contributed by atoms with Crippen molar-refractivity contribution in [2.75, 3.05) is 12.8 Å². The van der Waals surface area contributed by atoms with Crippen LogP contribution in [0, 0.1) is 5.82 Å². The molecular weight excluding hydrogens is 389 g/mol. The number of hydrogen-bond acceptors (Lipinski definition) is 4. The first-order chi connectivity index (χ1) is 10.7. The summed E-state index contributed by atoms with van der Waals surface area (Å²) in [5.74, 6) is -1.01. The van der Waals surface area contributed by atoms with Crippen LogP contribution in [-0.2, 0) is 16.4 Å². The van der Waals surface area contributed by atoms with Gasteiger partial charge in [-0.3, -0.25) is 4.79 Å². The average molecular weight is 404 g/mol. The second-order valence-electron chi connectivity index (χ2n) is 4.95. The van der Waals surface area contributed by atoms with Crippen molar-refractivity contribution in [2.45, 2.75) is 18.6 Å². The molecule has 0 saturated heterocycles. The molecule has 0 aliphatic heterocycles. The normalized spacial score (nSPS) is 11.5. The number of sulfone groups is 1. The highest BCUT2D eigenvalue weighted by Crippen LogP contribution is 2.20. The maximum Gasteiger partial charge on any atom is 0.289 e. The van der Waals surface area contributed by atoms with Crippen LogP contribution in [0.1, 0.15) is 23.0 Å². The van der Waals surface area contributed by atoms with Gasteiger partial charge in [-0.05, 0) is 37.3 Å². The third-order valence-corrected chi connectivity index (χ3v) is 4.64. The molecule has 0 atom stereocenters. The van der Waals surface area contributed by atoms with Gasteiger partial charge in [0, 0.05) is 29.4 Å². The van der Waals surface area contributed by atoms with E-state index in [-0.39, 0.29) is 17.4 Å². The van der Waals surface area contributed by atoms with Crippen molar-refractivity contribution in [3.8, 4) is 0 Å². The molecule has 0 aliphatic rings. The number of benzene rings is 1. The molecule has 0 fully saturated rings. The van der Waals surface area contributed by atoms with Gasteiger partial charge in [-0.25, -0.2) is 12.8 Å². The topological polar surface area (TPSA) is 67.6 Å². The summed E-state index contributed by atoms with van der Waals surface area (Å²) >= 11 is 3.26. The van der Waals surface area contributed by atoms with E-state index >= 15 is 0 Å². The SMILES string of the molecule is CCN(Cc1cc(Br)ccc1F)C(=O)c1ccc(S(C)(=O)=O)o1. The van der Waals surface area contributed by atoms with Crippen molar-refractivity contribution in [2.24, 2.45) is 0 Å². The summed E-state index contributed by atoms with van der Waals surface area (Å²) in [6, 6.07) is 7.01. The molecule has 1 aromatic heterocycles. The number of nitrogens with zero attached hydrogens (tertiary/aromatic N) is 1. The Labute approximate surface area is 142 Å². The first-order valence-corrected chi connectivity index (χ1v) is 9.44. The fraction of sp³-hybridized carbons (Fsp3) is 0.267. The van der Waals surface area contributed by atoms with Crippen molar-refractivity contribution in [3.05, 3.63) is 51.9 Å². The number of rotatable bonds is 5. The van der Waals surface area contributed by atoms with Crippen molar-refractivity contribution >= 4 is 31.7 Å². The van der Waals surface area contributed by atoms with Crippen LogP contribution >= 0.6 is 15.9 Å². The zero-order chi connectivity index (χ0) is 17.2. The summed E-state index contributed by atoms with van der Waals surface area (Å²) in [5.41, 5.74) is 0.351. The Hall–Kier alpha value is -1.67. The van der Waals surface area contributed by atoms with E-state index in [2.05, 4.69) is 15.9 Å². The Morgan fingerprint density at radius 2 is 2.00 bits per heavy atom. The van der Waals surface area contributed by atoms with Crippen LogP contribution in [0.3, 0.4) is 0 Å². The molecular formula is C15H15BrFNO4S. The predicted molar refractivity (Wildman–Crippen MR) is 86.3 cm³/mol. The molecule has 124 valence electrons. The van der Waals surface area contributed by atoms with Gasteiger partial charge in [0.05, 0.1) is 0 Å².